The van der Waals surface area contributed by atoms with E-state index < -0.39 is 29.7 Å². The van der Waals surface area contributed by atoms with Gasteiger partial charge in [-0.05, 0) is 83.8 Å². The van der Waals surface area contributed by atoms with Gasteiger partial charge in [-0.25, -0.2) is 8.78 Å². The van der Waals surface area contributed by atoms with E-state index in [-0.39, 0.29) is 31.6 Å². The Morgan fingerprint density at radius 3 is 2.35 bits per heavy atom. The highest BCUT2D eigenvalue weighted by Crippen LogP contribution is 2.15. The molecule has 5 nitrogen and oxygen atoms in total. The average molecular weight is 620 g/mol. The third-order valence-electron chi connectivity index (χ3n) is 6.02. The molecule has 2 atom stereocenters. The maximum absolute atomic E-state index is 13.8. The fourth-order valence-electron chi connectivity index (χ4n) is 4.19. The van der Waals surface area contributed by atoms with Gasteiger partial charge in [0.15, 0.2) is 5.78 Å². The van der Waals surface area contributed by atoms with Gasteiger partial charge >= 0.3 is 0 Å². The van der Waals surface area contributed by atoms with Crippen LogP contribution in [0.4, 0.5) is 8.78 Å². The summed E-state index contributed by atoms with van der Waals surface area (Å²) in [6, 6.07) is 15.7. The first kappa shape index (κ1) is 28.9. The van der Waals surface area contributed by atoms with Crippen LogP contribution in [0.1, 0.15) is 45.5 Å². The number of aryl methyl sites for hydroxylation is 2. The van der Waals surface area contributed by atoms with Crippen molar-refractivity contribution in [3.05, 3.63) is 104 Å². The second-order valence-corrected chi connectivity index (χ2v) is 10.5. The Morgan fingerprint density at radius 2 is 1.68 bits per heavy atom. The minimum absolute atomic E-state index is 0.0119. The van der Waals surface area contributed by atoms with Crippen LogP contribution in [0.25, 0.3) is 0 Å². The summed E-state index contributed by atoms with van der Waals surface area (Å²) in [6.45, 7) is 4.46. The summed E-state index contributed by atoms with van der Waals surface area (Å²) in [6.07, 6.45) is -1.06. The highest BCUT2D eigenvalue weighted by atomic mass is 127. The first-order chi connectivity index (χ1) is 17.6. The van der Waals surface area contributed by atoms with Gasteiger partial charge < -0.3 is 15.7 Å². The van der Waals surface area contributed by atoms with Crippen LogP contribution in [0, 0.1) is 29.1 Å². The van der Waals surface area contributed by atoms with Crippen molar-refractivity contribution in [3.8, 4) is 0 Å². The van der Waals surface area contributed by atoms with Crippen LogP contribution < -0.4 is 10.6 Å². The van der Waals surface area contributed by atoms with Crippen molar-refractivity contribution in [2.24, 2.45) is 0 Å². The minimum Gasteiger partial charge on any atom is -0.390 e. The molecule has 196 valence electrons. The van der Waals surface area contributed by atoms with Gasteiger partial charge in [-0.1, -0.05) is 35.9 Å². The van der Waals surface area contributed by atoms with E-state index in [9.17, 15) is 23.5 Å². The normalized spacial score (nSPS) is 12.7. The number of Topliss-reactive ketones (excluding diaryl/α,β-unsaturated/α-hetero) is 1. The zero-order valence-corrected chi connectivity index (χ0v) is 23.0. The molecule has 0 fully saturated rings. The van der Waals surface area contributed by atoms with E-state index in [4.69, 9.17) is 0 Å². The number of nitrogens with one attached hydrogen (secondary N) is 2. The van der Waals surface area contributed by atoms with Crippen molar-refractivity contribution in [3.63, 3.8) is 0 Å². The number of hydrogen-bond donors (Lipinski definition) is 3. The van der Waals surface area contributed by atoms with Gasteiger partial charge in [0.2, 0.25) is 5.91 Å². The maximum Gasteiger partial charge on any atom is 0.220 e. The van der Waals surface area contributed by atoms with E-state index in [0.29, 0.717) is 17.7 Å². The number of aliphatic hydroxyl groups is 1. The molecule has 0 bridgehead atoms. The summed E-state index contributed by atoms with van der Waals surface area (Å²) >= 11 is 2.22. The quantitative estimate of drug-likeness (QED) is 0.196. The third kappa shape index (κ3) is 9.28. The summed E-state index contributed by atoms with van der Waals surface area (Å²) < 4.78 is 28.6. The second kappa shape index (κ2) is 13.7. The largest absolute Gasteiger partial charge is 0.390 e. The number of halogens is 3. The van der Waals surface area contributed by atoms with Crippen molar-refractivity contribution < 1.29 is 23.5 Å². The summed E-state index contributed by atoms with van der Waals surface area (Å²) in [4.78, 5) is 25.4. The van der Waals surface area contributed by atoms with Crippen LogP contribution in [-0.4, -0.2) is 35.5 Å². The van der Waals surface area contributed by atoms with Crippen molar-refractivity contribution in [1.82, 2.24) is 10.6 Å². The van der Waals surface area contributed by atoms with Crippen LogP contribution in [-0.2, 0) is 17.8 Å². The van der Waals surface area contributed by atoms with E-state index >= 15 is 0 Å². The topological polar surface area (TPSA) is 78.4 Å². The predicted octanol–water partition coefficient (Wildman–Crippen LogP) is 5.03. The van der Waals surface area contributed by atoms with Crippen LogP contribution in [0.5, 0.6) is 0 Å². The number of amides is 1. The highest BCUT2D eigenvalue weighted by Gasteiger charge is 2.23. The van der Waals surface area contributed by atoms with Gasteiger partial charge in [0.05, 0.1) is 12.1 Å². The molecule has 3 N–H and O–H groups in total. The Morgan fingerprint density at radius 1 is 0.946 bits per heavy atom. The number of ketones is 1. The van der Waals surface area contributed by atoms with Crippen molar-refractivity contribution in [2.45, 2.75) is 51.8 Å². The van der Waals surface area contributed by atoms with E-state index in [1.54, 1.807) is 6.07 Å². The van der Waals surface area contributed by atoms with Gasteiger partial charge in [-0.3, -0.25) is 9.59 Å². The number of hydrogen-bond acceptors (Lipinski definition) is 4. The summed E-state index contributed by atoms with van der Waals surface area (Å²) in [5, 5.41) is 16.8. The lowest BCUT2D eigenvalue weighted by molar-refractivity contribution is -0.122. The Hall–Kier alpha value is -2.69. The monoisotopic (exact) mass is 620 g/mol. The molecule has 0 aliphatic heterocycles. The van der Waals surface area contributed by atoms with Gasteiger partial charge in [0.25, 0.3) is 0 Å². The molecule has 3 rings (SSSR count). The highest BCUT2D eigenvalue weighted by molar-refractivity contribution is 14.1. The average Bonchev–Trinajstić information content (AvgIpc) is 2.81. The molecule has 0 radical (unpaired) electrons. The van der Waals surface area contributed by atoms with Gasteiger partial charge in [0.1, 0.15) is 11.6 Å². The molecule has 0 aromatic heterocycles. The first-order valence-electron chi connectivity index (χ1n) is 12.1. The Kier molecular flexibility index (Phi) is 10.7. The molecular weight excluding hydrogens is 589 g/mol. The lowest BCUT2D eigenvalue weighted by Gasteiger charge is -2.25. The van der Waals surface area contributed by atoms with E-state index in [0.717, 1.165) is 26.3 Å². The molecule has 0 saturated carbocycles. The number of rotatable bonds is 12. The van der Waals surface area contributed by atoms with Gasteiger partial charge in [-0.15, -0.1) is 0 Å². The fourth-order valence-corrected chi connectivity index (χ4v) is 4.79. The van der Waals surface area contributed by atoms with Crippen molar-refractivity contribution in [2.75, 3.05) is 6.54 Å². The Labute approximate surface area is 229 Å². The third-order valence-corrected chi connectivity index (χ3v) is 6.69. The molecule has 0 saturated heterocycles. The summed E-state index contributed by atoms with van der Waals surface area (Å²) in [7, 11) is 0. The van der Waals surface area contributed by atoms with E-state index in [2.05, 4.69) is 33.2 Å². The molecular formula is C29H31F2IN2O3. The lowest BCUT2D eigenvalue weighted by atomic mass is 9.98. The molecule has 0 aliphatic rings. The maximum atomic E-state index is 13.8. The molecule has 3 aromatic carbocycles. The van der Waals surface area contributed by atoms with E-state index in [1.807, 2.05) is 50.2 Å². The molecule has 3 aromatic rings. The van der Waals surface area contributed by atoms with E-state index in [1.165, 1.54) is 12.1 Å². The zero-order valence-electron chi connectivity index (χ0n) is 20.9. The zero-order chi connectivity index (χ0) is 26.9. The smallest absolute Gasteiger partial charge is 0.220 e. The molecule has 1 amide bonds. The van der Waals surface area contributed by atoms with Crippen LogP contribution in [0.2, 0.25) is 0 Å². The summed E-state index contributed by atoms with van der Waals surface area (Å²) in [5.41, 5.74) is 3.83. The van der Waals surface area contributed by atoms with Crippen LogP contribution >= 0.6 is 22.6 Å². The molecule has 8 heteroatoms. The number of carbonyl (C=O) groups is 2. The predicted molar refractivity (Wildman–Crippen MR) is 148 cm³/mol. The Balaban J connectivity index is 1.63. The second-order valence-electron chi connectivity index (χ2n) is 9.23. The molecule has 0 heterocycles. The number of aliphatic hydroxyl groups excluding tert-OH is 1. The standard InChI is InChI=1S/C29H31F2IN2O3/c1-18-6-7-25(19(2)10-18)27(35)8-9-29(37)34-26(14-21-11-22(30)15-23(31)12-21)28(36)17-33-16-20-4-3-5-24(32)13-20/h3-7,10-13,15,26,28,33,36H,8-9,14,16-17H2,1-2H3,(H,34,37). The van der Waals surface area contributed by atoms with Gasteiger partial charge in [-0.2, -0.15) is 0 Å². The molecule has 37 heavy (non-hydrogen) atoms. The number of carbonyl (C=O) groups excluding carboxylic acids is 2. The molecule has 0 aliphatic carbocycles. The van der Waals surface area contributed by atoms with Crippen LogP contribution in [0.15, 0.2) is 60.7 Å². The fraction of sp³-hybridized carbons (Fsp3) is 0.310. The van der Waals surface area contributed by atoms with Gasteiger partial charge in [0, 0.05) is 41.1 Å². The van der Waals surface area contributed by atoms with Crippen molar-refractivity contribution >= 4 is 34.3 Å². The minimum atomic E-state index is -1.03. The van der Waals surface area contributed by atoms with Crippen LogP contribution in [0.3, 0.4) is 0 Å². The molecule has 0 spiro atoms. The molecule has 2 unspecified atom stereocenters. The first-order valence-corrected chi connectivity index (χ1v) is 13.2. The SMILES string of the molecule is Cc1ccc(C(=O)CCC(=O)NC(Cc2cc(F)cc(F)c2)C(O)CNCc2cccc(I)c2)c(C)c1. The Bertz CT molecular complexity index is 1230. The van der Waals surface area contributed by atoms with Crippen molar-refractivity contribution in [1.29, 1.82) is 0 Å². The lowest BCUT2D eigenvalue weighted by Crippen LogP contribution is -2.48. The summed E-state index contributed by atoms with van der Waals surface area (Å²) in [5.74, 6) is -2.02. The number of benzene rings is 3.